The van der Waals surface area contributed by atoms with E-state index in [4.69, 9.17) is 4.74 Å². The van der Waals surface area contributed by atoms with Crippen molar-refractivity contribution in [1.29, 1.82) is 0 Å². The van der Waals surface area contributed by atoms with Gasteiger partial charge >= 0.3 is 5.69 Å². The largest absolute Gasteiger partial charge is 0.497 e. The van der Waals surface area contributed by atoms with Crippen LogP contribution in [-0.2, 0) is 6.54 Å². The molecule has 1 heterocycles. The van der Waals surface area contributed by atoms with Crippen molar-refractivity contribution in [2.45, 2.75) is 45.2 Å². The molecule has 2 aromatic carbocycles. The monoisotopic (exact) mass is 393 g/mol. The van der Waals surface area contributed by atoms with Crippen LogP contribution < -0.4 is 15.7 Å². The minimum Gasteiger partial charge on any atom is -0.497 e. The van der Waals surface area contributed by atoms with E-state index in [0.717, 1.165) is 36.1 Å². The van der Waals surface area contributed by atoms with Crippen LogP contribution in [0.2, 0.25) is 0 Å². The summed E-state index contributed by atoms with van der Waals surface area (Å²) in [4.78, 5) is 28.1. The molecule has 1 aliphatic carbocycles. The maximum Gasteiger partial charge on any atom is 0.326 e. The van der Waals surface area contributed by atoms with E-state index in [0.29, 0.717) is 23.5 Å². The zero-order valence-corrected chi connectivity index (χ0v) is 16.9. The maximum atomic E-state index is 12.7. The van der Waals surface area contributed by atoms with Gasteiger partial charge in [0.1, 0.15) is 5.75 Å². The van der Waals surface area contributed by atoms with E-state index >= 15 is 0 Å². The Kier molecular flexibility index (Phi) is 5.43. The molecule has 1 aliphatic rings. The summed E-state index contributed by atoms with van der Waals surface area (Å²) in [6.07, 6.45) is 4.59. The van der Waals surface area contributed by atoms with Gasteiger partial charge in [0.05, 0.1) is 24.7 Å². The molecule has 2 atom stereocenters. The Labute approximate surface area is 169 Å². The number of methoxy groups -OCH3 is 1. The Hall–Kier alpha value is -3.02. The quantitative estimate of drug-likeness (QED) is 0.694. The van der Waals surface area contributed by atoms with E-state index in [-0.39, 0.29) is 17.6 Å². The lowest BCUT2D eigenvalue weighted by Crippen LogP contribution is -2.41. The third kappa shape index (κ3) is 4.06. The van der Waals surface area contributed by atoms with E-state index in [9.17, 15) is 9.59 Å². The Balaban J connectivity index is 1.55. The third-order valence-electron chi connectivity index (χ3n) is 5.96. The second-order valence-corrected chi connectivity index (χ2v) is 7.94. The smallest absolute Gasteiger partial charge is 0.326 e. The van der Waals surface area contributed by atoms with Crippen LogP contribution in [0, 0.1) is 5.92 Å². The van der Waals surface area contributed by atoms with Crippen LogP contribution in [0.5, 0.6) is 5.75 Å². The van der Waals surface area contributed by atoms with Crippen molar-refractivity contribution in [3.8, 4) is 5.75 Å². The molecule has 0 saturated heterocycles. The number of hydrogen-bond acceptors (Lipinski definition) is 3. The number of benzene rings is 2. The molecule has 3 aromatic rings. The van der Waals surface area contributed by atoms with Crippen molar-refractivity contribution in [3.63, 3.8) is 0 Å². The predicted molar refractivity (Wildman–Crippen MR) is 114 cm³/mol. The topological polar surface area (TPSA) is 76.1 Å². The molecule has 1 aromatic heterocycles. The fourth-order valence-corrected chi connectivity index (χ4v) is 4.16. The highest BCUT2D eigenvalue weighted by Gasteiger charge is 2.23. The van der Waals surface area contributed by atoms with Crippen LogP contribution in [0.15, 0.2) is 47.3 Å². The first-order valence-corrected chi connectivity index (χ1v) is 10.2. The molecule has 0 radical (unpaired) electrons. The Morgan fingerprint density at radius 3 is 2.66 bits per heavy atom. The number of hydrogen-bond donors (Lipinski definition) is 2. The van der Waals surface area contributed by atoms with E-state index in [1.54, 1.807) is 23.8 Å². The molecule has 1 fully saturated rings. The molecule has 0 aliphatic heterocycles. The maximum absolute atomic E-state index is 12.7. The number of nitrogens with one attached hydrogen (secondary N) is 2. The van der Waals surface area contributed by atoms with Crippen LogP contribution in [0.3, 0.4) is 0 Å². The summed E-state index contributed by atoms with van der Waals surface area (Å²) < 4.78 is 6.86. The second-order valence-electron chi connectivity index (χ2n) is 7.94. The van der Waals surface area contributed by atoms with Gasteiger partial charge in [0.2, 0.25) is 0 Å². The zero-order valence-electron chi connectivity index (χ0n) is 16.9. The number of rotatable bonds is 5. The molecule has 2 N–H and O–H groups in total. The number of ether oxygens (including phenoxy) is 1. The number of nitrogens with zero attached hydrogens (tertiary/aromatic N) is 1. The van der Waals surface area contributed by atoms with Crippen molar-refractivity contribution in [1.82, 2.24) is 14.9 Å². The van der Waals surface area contributed by atoms with Crippen LogP contribution in [0.25, 0.3) is 11.0 Å². The van der Waals surface area contributed by atoms with Crippen molar-refractivity contribution in [2.75, 3.05) is 7.11 Å². The number of imidazole rings is 1. The van der Waals surface area contributed by atoms with Gasteiger partial charge in [0.15, 0.2) is 0 Å². The summed E-state index contributed by atoms with van der Waals surface area (Å²) in [5.41, 5.74) is 2.85. The van der Waals surface area contributed by atoms with Crippen molar-refractivity contribution in [3.05, 3.63) is 64.1 Å². The lowest BCUT2D eigenvalue weighted by Gasteiger charge is -2.29. The first-order valence-electron chi connectivity index (χ1n) is 10.2. The first-order chi connectivity index (χ1) is 14.0. The summed E-state index contributed by atoms with van der Waals surface area (Å²) >= 11 is 0. The molecular weight excluding hydrogens is 366 g/mol. The van der Waals surface area contributed by atoms with Gasteiger partial charge < -0.3 is 15.0 Å². The molecule has 0 bridgehead atoms. The molecule has 6 nitrogen and oxygen atoms in total. The minimum atomic E-state index is -0.186. The lowest BCUT2D eigenvalue weighted by molar-refractivity contribution is 0.0910. The summed E-state index contributed by atoms with van der Waals surface area (Å²) in [6, 6.07) is 13.3. The normalized spacial score (nSPS) is 19.2. The molecule has 1 amide bonds. The lowest BCUT2D eigenvalue weighted by atomic mass is 9.86. The number of fused-ring (bicyclic) bond motifs is 1. The molecule has 1 saturated carbocycles. The SMILES string of the molecule is COc1ccc(Cn2c(=O)[nH]c3cc(C(=O)N[C@@H]4CCCC[C@@H]4C)ccc32)cc1. The first kappa shape index (κ1) is 19.3. The Bertz CT molecular complexity index is 1070. The fraction of sp³-hybridized carbons (Fsp3) is 0.391. The zero-order chi connectivity index (χ0) is 20.4. The van der Waals surface area contributed by atoms with Gasteiger partial charge in [0.25, 0.3) is 5.91 Å². The molecule has 0 unspecified atom stereocenters. The summed E-state index contributed by atoms with van der Waals surface area (Å²) in [7, 11) is 1.63. The molecular formula is C23H27N3O3. The van der Waals surface area contributed by atoms with Crippen LogP contribution in [0.1, 0.15) is 48.5 Å². The van der Waals surface area contributed by atoms with Gasteiger partial charge in [0, 0.05) is 11.6 Å². The second kappa shape index (κ2) is 8.15. The molecule has 152 valence electrons. The molecule has 29 heavy (non-hydrogen) atoms. The third-order valence-corrected chi connectivity index (χ3v) is 5.96. The van der Waals surface area contributed by atoms with E-state index in [1.807, 2.05) is 30.3 Å². The predicted octanol–water partition coefficient (Wildman–Crippen LogP) is 3.70. The highest BCUT2D eigenvalue weighted by molar-refractivity contribution is 5.97. The van der Waals surface area contributed by atoms with E-state index < -0.39 is 0 Å². The van der Waals surface area contributed by atoms with Crippen LogP contribution >= 0.6 is 0 Å². The Morgan fingerprint density at radius 2 is 1.93 bits per heavy atom. The summed E-state index contributed by atoms with van der Waals surface area (Å²) in [5, 5.41) is 3.17. The fourth-order valence-electron chi connectivity index (χ4n) is 4.16. The molecule has 0 spiro atoms. The van der Waals surface area contributed by atoms with Crippen molar-refractivity contribution in [2.24, 2.45) is 5.92 Å². The minimum absolute atomic E-state index is 0.0746. The number of aromatic nitrogens is 2. The van der Waals surface area contributed by atoms with Gasteiger partial charge in [-0.1, -0.05) is 31.9 Å². The molecule has 6 heteroatoms. The average Bonchev–Trinajstić information content (AvgIpc) is 3.04. The van der Waals surface area contributed by atoms with Gasteiger partial charge in [-0.3, -0.25) is 9.36 Å². The van der Waals surface area contributed by atoms with Gasteiger partial charge in [-0.25, -0.2) is 4.79 Å². The van der Waals surface area contributed by atoms with Crippen LogP contribution in [-0.4, -0.2) is 28.6 Å². The number of aromatic amines is 1. The average molecular weight is 393 g/mol. The highest BCUT2D eigenvalue weighted by atomic mass is 16.5. The standard InChI is InChI=1S/C23H27N3O3/c1-15-5-3-4-6-19(15)24-22(27)17-9-12-21-20(13-17)25-23(28)26(21)14-16-7-10-18(29-2)11-8-16/h7-13,15,19H,3-6,14H2,1-2H3,(H,24,27)(H,25,28)/t15-,19+/m0/s1. The van der Waals surface area contributed by atoms with Crippen molar-refractivity contribution < 1.29 is 9.53 Å². The Morgan fingerprint density at radius 1 is 1.17 bits per heavy atom. The number of carbonyl (C=O) groups is 1. The van der Waals surface area contributed by atoms with Gasteiger partial charge in [-0.2, -0.15) is 0 Å². The molecule has 4 rings (SSSR count). The number of amides is 1. The van der Waals surface area contributed by atoms with Gasteiger partial charge in [-0.15, -0.1) is 0 Å². The summed E-state index contributed by atoms with van der Waals surface area (Å²) in [5.74, 6) is 1.21. The number of H-pyrrole nitrogens is 1. The highest BCUT2D eigenvalue weighted by Crippen LogP contribution is 2.24. The summed E-state index contributed by atoms with van der Waals surface area (Å²) in [6.45, 7) is 2.65. The van der Waals surface area contributed by atoms with E-state index in [2.05, 4.69) is 17.2 Å². The van der Waals surface area contributed by atoms with Crippen molar-refractivity contribution >= 4 is 16.9 Å². The van der Waals surface area contributed by atoms with E-state index in [1.165, 1.54) is 6.42 Å². The van der Waals surface area contributed by atoms with Crippen LogP contribution in [0.4, 0.5) is 0 Å². The number of carbonyl (C=O) groups excluding carboxylic acids is 1. The van der Waals surface area contributed by atoms with Gasteiger partial charge in [-0.05, 0) is 54.7 Å².